The van der Waals surface area contributed by atoms with Crippen molar-refractivity contribution in [2.24, 2.45) is 4.99 Å². The van der Waals surface area contributed by atoms with Gasteiger partial charge in [-0.2, -0.15) is 4.98 Å². The molecule has 142 valence electrons. The van der Waals surface area contributed by atoms with Crippen LogP contribution in [-0.2, 0) is 4.79 Å². The molecule has 2 aromatic carbocycles. The van der Waals surface area contributed by atoms with Crippen LogP contribution in [0.4, 0.5) is 11.1 Å². The van der Waals surface area contributed by atoms with Crippen LogP contribution in [0, 0.1) is 0 Å². The number of hydrogen-bond donors (Lipinski definition) is 2. The lowest BCUT2D eigenvalue weighted by Crippen LogP contribution is -2.22. The van der Waals surface area contributed by atoms with Crippen molar-refractivity contribution in [3.8, 4) is 17.3 Å². The van der Waals surface area contributed by atoms with E-state index in [1.54, 1.807) is 48.5 Å². The van der Waals surface area contributed by atoms with Gasteiger partial charge in [0.25, 0.3) is 5.91 Å². The van der Waals surface area contributed by atoms with E-state index in [0.29, 0.717) is 42.6 Å². The van der Waals surface area contributed by atoms with Crippen molar-refractivity contribution in [2.45, 2.75) is 0 Å². The number of carbonyl (C=O) groups is 1. The Kier molecular flexibility index (Phi) is 4.11. The fourth-order valence-corrected chi connectivity index (χ4v) is 3.91. The largest absolute Gasteiger partial charge is 0.492 e. The Morgan fingerprint density at radius 2 is 1.86 bits per heavy atom. The highest BCUT2D eigenvalue weighted by atomic mass is 35.5. The van der Waals surface area contributed by atoms with Crippen LogP contribution in [0.25, 0.3) is 17.0 Å². The summed E-state index contributed by atoms with van der Waals surface area (Å²) < 4.78 is 5.58. The minimum atomic E-state index is -0.417. The summed E-state index contributed by atoms with van der Waals surface area (Å²) in [5, 5.41) is 23.2. The van der Waals surface area contributed by atoms with Gasteiger partial charge in [-0.15, -0.1) is 5.10 Å². The monoisotopic (exact) mass is 423 g/mol. The first kappa shape index (κ1) is 17.5. The number of fused-ring (bicyclic) bond motifs is 1. The molecule has 2 aromatic heterocycles. The summed E-state index contributed by atoms with van der Waals surface area (Å²) in [6.45, 7) is 0. The summed E-state index contributed by atoms with van der Waals surface area (Å²) >= 11 is 6.97. The van der Waals surface area contributed by atoms with Gasteiger partial charge in [0.2, 0.25) is 11.8 Å². The highest BCUT2D eigenvalue weighted by molar-refractivity contribution is 7.17. The van der Waals surface area contributed by atoms with Crippen molar-refractivity contribution in [3.63, 3.8) is 0 Å². The number of aromatic hydroxyl groups is 1. The quantitative estimate of drug-likeness (QED) is 0.518. The molecule has 0 spiro atoms. The number of benzene rings is 2. The van der Waals surface area contributed by atoms with E-state index in [1.807, 2.05) is 0 Å². The van der Waals surface area contributed by atoms with Crippen LogP contribution >= 0.6 is 22.9 Å². The van der Waals surface area contributed by atoms with Gasteiger partial charge in [0.1, 0.15) is 4.88 Å². The third-order valence-corrected chi connectivity index (χ3v) is 5.41. The fourth-order valence-electron chi connectivity index (χ4n) is 2.89. The van der Waals surface area contributed by atoms with Gasteiger partial charge in [0, 0.05) is 15.8 Å². The van der Waals surface area contributed by atoms with Crippen LogP contribution in [0.15, 0.2) is 57.9 Å². The minimum absolute atomic E-state index is 0.100. The Morgan fingerprint density at radius 1 is 1.07 bits per heavy atom. The molecule has 0 unspecified atom stereocenters. The molecule has 8 nitrogen and oxygen atoms in total. The number of amides is 1. The van der Waals surface area contributed by atoms with Gasteiger partial charge in [-0.1, -0.05) is 46.2 Å². The second-order valence-electron chi connectivity index (χ2n) is 6.03. The first-order chi connectivity index (χ1) is 14.1. The molecule has 0 atom stereocenters. The standard InChI is InChI=1S/C19H10ClN5O3S/c20-10-7-5-9(6-8-10)17-24-25-18(28-17)23-19-22-16(27)14(29-19)13-11-3-1-2-4-12(11)21-15(13)26/h1-8,27H,(H,22,23,25). The highest BCUT2D eigenvalue weighted by Crippen LogP contribution is 2.35. The topological polar surface area (TPSA) is 114 Å². The molecule has 2 N–H and O–H groups in total. The van der Waals surface area contributed by atoms with Gasteiger partial charge >= 0.3 is 6.01 Å². The van der Waals surface area contributed by atoms with Crippen molar-refractivity contribution in [1.82, 2.24) is 15.2 Å². The normalized spacial score (nSPS) is 12.7. The molecule has 0 aliphatic carbocycles. The van der Waals surface area contributed by atoms with Gasteiger partial charge in [-0.05, 0) is 30.3 Å². The number of anilines is 2. The maximum absolute atomic E-state index is 12.3. The van der Waals surface area contributed by atoms with Crippen molar-refractivity contribution in [2.75, 3.05) is 5.32 Å². The summed E-state index contributed by atoms with van der Waals surface area (Å²) in [5.41, 5.74) is 1.03. The van der Waals surface area contributed by atoms with E-state index in [-0.39, 0.29) is 11.9 Å². The second-order valence-corrected chi connectivity index (χ2v) is 7.46. The van der Waals surface area contributed by atoms with E-state index in [0.717, 1.165) is 11.3 Å². The lowest BCUT2D eigenvalue weighted by atomic mass is 10.1. The number of rotatable bonds is 4. The van der Waals surface area contributed by atoms with Crippen molar-refractivity contribution in [3.05, 3.63) is 69.0 Å². The predicted molar refractivity (Wildman–Crippen MR) is 107 cm³/mol. The summed E-state index contributed by atoms with van der Waals surface area (Å²) in [6.07, 6.45) is 0. The lowest BCUT2D eigenvalue weighted by Gasteiger charge is -1.96. The molecule has 5 rings (SSSR count). The third kappa shape index (κ3) is 3.16. The van der Waals surface area contributed by atoms with Gasteiger partial charge in [0.05, 0.1) is 10.9 Å². The van der Waals surface area contributed by atoms with E-state index < -0.39 is 5.91 Å². The van der Waals surface area contributed by atoms with E-state index >= 15 is 0 Å². The lowest BCUT2D eigenvalue weighted by molar-refractivity contribution is -0.112. The van der Waals surface area contributed by atoms with Gasteiger partial charge in [-0.3, -0.25) is 10.1 Å². The molecule has 29 heavy (non-hydrogen) atoms. The first-order valence-electron chi connectivity index (χ1n) is 8.37. The van der Waals surface area contributed by atoms with Crippen LogP contribution in [0.1, 0.15) is 4.88 Å². The molecule has 3 heterocycles. The van der Waals surface area contributed by atoms with Crippen LogP contribution in [-0.4, -0.2) is 26.2 Å². The average Bonchev–Trinajstić information content (AvgIpc) is 3.39. The Hall–Kier alpha value is -3.56. The van der Waals surface area contributed by atoms with Crippen molar-refractivity contribution >= 4 is 45.6 Å². The number of nitrogens with zero attached hydrogens (tertiary/aromatic N) is 4. The Labute approximate surface area is 171 Å². The first-order valence-corrected chi connectivity index (χ1v) is 9.57. The Morgan fingerprint density at radius 3 is 2.69 bits per heavy atom. The van der Waals surface area contributed by atoms with E-state index in [9.17, 15) is 9.90 Å². The van der Waals surface area contributed by atoms with Crippen LogP contribution < -0.4 is 15.9 Å². The van der Waals surface area contributed by atoms with Gasteiger partial charge in [-0.25, -0.2) is 4.99 Å². The summed E-state index contributed by atoms with van der Waals surface area (Å²) in [5.74, 6) is -0.386. The zero-order valence-electron chi connectivity index (χ0n) is 14.5. The molecule has 0 fully saturated rings. The van der Waals surface area contributed by atoms with Crippen LogP contribution in [0.2, 0.25) is 5.02 Å². The molecule has 0 radical (unpaired) electrons. The minimum Gasteiger partial charge on any atom is -0.492 e. The molecular formula is C19H10ClN5O3S. The molecule has 1 aliphatic rings. The molecule has 1 aliphatic heterocycles. The van der Waals surface area contributed by atoms with Crippen LogP contribution in [0.5, 0.6) is 5.88 Å². The summed E-state index contributed by atoms with van der Waals surface area (Å²) in [7, 11) is 0. The molecule has 0 saturated heterocycles. The van der Waals surface area contributed by atoms with Crippen molar-refractivity contribution in [1.29, 1.82) is 0 Å². The number of aromatic nitrogens is 3. The van der Waals surface area contributed by atoms with E-state index in [2.05, 4.69) is 25.5 Å². The zero-order valence-corrected chi connectivity index (χ0v) is 16.0. The molecule has 0 bridgehead atoms. The molecular weight excluding hydrogens is 414 g/mol. The molecule has 0 saturated carbocycles. The molecule has 1 amide bonds. The Bertz CT molecular complexity index is 1380. The number of halogens is 1. The molecule has 4 aromatic rings. The average molecular weight is 424 g/mol. The predicted octanol–water partition coefficient (Wildman–Crippen LogP) is 2.65. The van der Waals surface area contributed by atoms with Gasteiger partial charge in [0.15, 0.2) is 5.13 Å². The zero-order chi connectivity index (χ0) is 20.0. The van der Waals surface area contributed by atoms with E-state index in [4.69, 9.17) is 16.0 Å². The second kappa shape index (κ2) is 6.80. The highest BCUT2D eigenvalue weighted by Gasteiger charge is 2.25. The van der Waals surface area contributed by atoms with Crippen molar-refractivity contribution < 1.29 is 14.3 Å². The number of hydrogen-bond acceptors (Lipinski definition) is 8. The maximum Gasteiger partial charge on any atom is 0.322 e. The Balaban J connectivity index is 1.46. The van der Waals surface area contributed by atoms with E-state index in [1.165, 1.54) is 0 Å². The number of carbonyl (C=O) groups excluding carboxylic acids is 1. The molecule has 10 heteroatoms. The number of thiazole rings is 1. The third-order valence-electron chi connectivity index (χ3n) is 4.18. The summed E-state index contributed by atoms with van der Waals surface area (Å²) in [6, 6.07) is 14.2. The van der Waals surface area contributed by atoms with Crippen LogP contribution in [0.3, 0.4) is 0 Å². The number of nitrogens with one attached hydrogen (secondary N) is 1. The maximum atomic E-state index is 12.3. The smallest absolute Gasteiger partial charge is 0.322 e. The SMILES string of the molecule is O=C1N=c2ccccc2=C1c1sc(Nc2nnc(-c3ccc(Cl)cc3)o2)nc1O. The fraction of sp³-hybridized carbons (Fsp3) is 0. The summed E-state index contributed by atoms with van der Waals surface area (Å²) in [4.78, 5) is 20.7. The number of para-hydroxylation sites is 1. The van der Waals surface area contributed by atoms with Gasteiger partial charge < -0.3 is 9.52 Å².